The largest absolute Gasteiger partial charge is 0.359 e. The van der Waals surface area contributed by atoms with Gasteiger partial charge in [0.1, 0.15) is 0 Å². The summed E-state index contributed by atoms with van der Waals surface area (Å²) in [7, 11) is 1.87. The van der Waals surface area contributed by atoms with Gasteiger partial charge in [0, 0.05) is 25.8 Å². The Morgan fingerprint density at radius 3 is 3.21 bits per heavy atom. The van der Waals surface area contributed by atoms with E-state index in [4.69, 9.17) is 0 Å². The summed E-state index contributed by atoms with van der Waals surface area (Å²) >= 11 is 0. The number of amides is 1. The molecule has 1 amide bonds. The summed E-state index contributed by atoms with van der Waals surface area (Å²) in [4.78, 5) is 9.95. The Hall–Kier alpha value is -1.43. The fourth-order valence-electron chi connectivity index (χ4n) is 1.11. The van der Waals surface area contributed by atoms with E-state index in [1.165, 1.54) is 0 Å². The second kappa shape index (κ2) is 6.09. The summed E-state index contributed by atoms with van der Waals surface area (Å²) in [5.74, 6) is 0. The Morgan fingerprint density at radius 1 is 1.64 bits per heavy atom. The summed E-state index contributed by atoms with van der Waals surface area (Å²) in [6.07, 6.45) is 3.46. The SMILES string of the molecule is CNCc1cn(CCCNC=O)nn1. The second-order valence-electron chi connectivity index (χ2n) is 2.93. The third-order valence-corrected chi connectivity index (χ3v) is 1.74. The van der Waals surface area contributed by atoms with Gasteiger partial charge in [0.25, 0.3) is 0 Å². The Labute approximate surface area is 82.7 Å². The Kier molecular flexibility index (Phi) is 4.63. The first-order chi connectivity index (χ1) is 6.86. The third kappa shape index (κ3) is 3.53. The van der Waals surface area contributed by atoms with Crippen LogP contribution in [0.4, 0.5) is 0 Å². The van der Waals surface area contributed by atoms with Gasteiger partial charge in [0.05, 0.1) is 5.69 Å². The molecule has 0 saturated carbocycles. The lowest BCUT2D eigenvalue weighted by Gasteiger charge is -1.98. The first-order valence-electron chi connectivity index (χ1n) is 4.57. The van der Waals surface area contributed by atoms with E-state index in [2.05, 4.69) is 20.9 Å². The van der Waals surface area contributed by atoms with Gasteiger partial charge in [0.15, 0.2) is 0 Å². The molecule has 1 aromatic heterocycles. The Morgan fingerprint density at radius 2 is 2.50 bits per heavy atom. The first kappa shape index (κ1) is 10.6. The lowest BCUT2D eigenvalue weighted by Crippen LogP contribution is -2.14. The van der Waals surface area contributed by atoms with Gasteiger partial charge in [-0.3, -0.25) is 9.48 Å². The van der Waals surface area contributed by atoms with E-state index in [1.807, 2.05) is 13.2 Å². The molecular formula is C8H15N5O. The molecule has 0 spiro atoms. The van der Waals surface area contributed by atoms with Crippen LogP contribution in [0, 0.1) is 0 Å². The fraction of sp³-hybridized carbons (Fsp3) is 0.625. The standard InChI is InChI=1S/C8H15N5O/c1-9-5-8-6-13(12-11-8)4-2-3-10-7-14/h6-7,9H,2-5H2,1H3,(H,10,14). The van der Waals surface area contributed by atoms with Gasteiger partial charge >= 0.3 is 0 Å². The van der Waals surface area contributed by atoms with Gasteiger partial charge < -0.3 is 10.6 Å². The van der Waals surface area contributed by atoms with Crippen molar-refractivity contribution in [3.63, 3.8) is 0 Å². The van der Waals surface area contributed by atoms with E-state index >= 15 is 0 Å². The maximum Gasteiger partial charge on any atom is 0.207 e. The smallest absolute Gasteiger partial charge is 0.207 e. The summed E-state index contributed by atoms with van der Waals surface area (Å²) in [5.41, 5.74) is 0.927. The Bertz CT molecular complexity index is 272. The molecule has 0 aliphatic rings. The van der Waals surface area contributed by atoms with Crippen LogP contribution in [0.2, 0.25) is 0 Å². The van der Waals surface area contributed by atoms with Gasteiger partial charge in [0.2, 0.25) is 6.41 Å². The molecule has 0 aromatic carbocycles. The topological polar surface area (TPSA) is 71.8 Å². The molecule has 1 rings (SSSR count). The molecule has 0 aliphatic carbocycles. The minimum Gasteiger partial charge on any atom is -0.359 e. The number of carbonyl (C=O) groups is 1. The minimum absolute atomic E-state index is 0.671. The normalized spacial score (nSPS) is 10.1. The molecule has 1 heterocycles. The number of nitrogens with zero attached hydrogens (tertiary/aromatic N) is 3. The molecule has 2 N–H and O–H groups in total. The molecule has 0 radical (unpaired) electrons. The lowest BCUT2D eigenvalue weighted by molar-refractivity contribution is -0.109. The highest BCUT2D eigenvalue weighted by atomic mass is 16.1. The van der Waals surface area contributed by atoms with Gasteiger partial charge in [-0.25, -0.2) is 0 Å². The quantitative estimate of drug-likeness (QED) is 0.440. The predicted octanol–water partition coefficient (Wildman–Crippen LogP) is -0.866. The molecule has 6 nitrogen and oxygen atoms in total. The monoisotopic (exact) mass is 197 g/mol. The number of nitrogens with one attached hydrogen (secondary N) is 2. The van der Waals surface area contributed by atoms with Crippen molar-refractivity contribution in [3.05, 3.63) is 11.9 Å². The van der Waals surface area contributed by atoms with Crippen LogP contribution in [0.3, 0.4) is 0 Å². The van der Waals surface area contributed by atoms with Crippen molar-refractivity contribution < 1.29 is 4.79 Å². The summed E-state index contributed by atoms with van der Waals surface area (Å²) in [6, 6.07) is 0. The molecule has 0 unspecified atom stereocenters. The minimum atomic E-state index is 0.671. The van der Waals surface area contributed by atoms with Crippen LogP contribution in [0.5, 0.6) is 0 Å². The molecule has 14 heavy (non-hydrogen) atoms. The molecule has 0 fully saturated rings. The van der Waals surface area contributed by atoms with Crippen molar-refractivity contribution in [2.75, 3.05) is 13.6 Å². The van der Waals surface area contributed by atoms with Gasteiger partial charge in [-0.1, -0.05) is 5.21 Å². The van der Waals surface area contributed by atoms with Crippen LogP contribution in [0.15, 0.2) is 6.20 Å². The fourth-order valence-corrected chi connectivity index (χ4v) is 1.11. The average molecular weight is 197 g/mol. The van der Waals surface area contributed by atoms with Crippen LogP contribution in [0.1, 0.15) is 12.1 Å². The highest BCUT2D eigenvalue weighted by Gasteiger charge is 1.98. The van der Waals surface area contributed by atoms with Crippen molar-refractivity contribution >= 4 is 6.41 Å². The average Bonchev–Trinajstić information content (AvgIpc) is 2.61. The highest BCUT2D eigenvalue weighted by Crippen LogP contribution is 1.93. The number of aryl methyl sites for hydroxylation is 1. The molecule has 6 heteroatoms. The van der Waals surface area contributed by atoms with Crippen LogP contribution in [0.25, 0.3) is 0 Å². The maximum atomic E-state index is 9.95. The third-order valence-electron chi connectivity index (χ3n) is 1.74. The van der Waals surface area contributed by atoms with Crippen molar-refractivity contribution in [1.29, 1.82) is 0 Å². The number of aromatic nitrogens is 3. The van der Waals surface area contributed by atoms with Gasteiger partial charge in [-0.2, -0.15) is 0 Å². The molecule has 0 aliphatic heterocycles. The highest BCUT2D eigenvalue weighted by molar-refractivity contribution is 5.45. The molecule has 0 saturated heterocycles. The predicted molar refractivity (Wildman–Crippen MR) is 51.5 cm³/mol. The van der Waals surface area contributed by atoms with Crippen molar-refractivity contribution in [1.82, 2.24) is 25.6 Å². The zero-order valence-corrected chi connectivity index (χ0v) is 8.23. The maximum absolute atomic E-state index is 9.95. The van der Waals surface area contributed by atoms with Crippen LogP contribution in [-0.4, -0.2) is 35.0 Å². The van der Waals surface area contributed by atoms with Crippen LogP contribution >= 0.6 is 0 Å². The van der Waals surface area contributed by atoms with Crippen molar-refractivity contribution in [3.8, 4) is 0 Å². The number of carbonyl (C=O) groups excluding carboxylic acids is 1. The van der Waals surface area contributed by atoms with Gasteiger partial charge in [-0.05, 0) is 13.5 Å². The van der Waals surface area contributed by atoms with E-state index in [1.54, 1.807) is 4.68 Å². The van der Waals surface area contributed by atoms with E-state index in [0.29, 0.717) is 13.0 Å². The van der Waals surface area contributed by atoms with Crippen molar-refractivity contribution in [2.45, 2.75) is 19.5 Å². The molecular weight excluding hydrogens is 182 g/mol. The molecule has 0 atom stereocenters. The molecule has 78 valence electrons. The van der Waals surface area contributed by atoms with E-state index in [-0.39, 0.29) is 0 Å². The number of hydrogen-bond donors (Lipinski definition) is 2. The number of hydrogen-bond acceptors (Lipinski definition) is 4. The lowest BCUT2D eigenvalue weighted by atomic mass is 10.4. The van der Waals surface area contributed by atoms with E-state index < -0.39 is 0 Å². The molecule has 1 aromatic rings. The zero-order chi connectivity index (χ0) is 10.2. The Balaban J connectivity index is 2.25. The van der Waals surface area contributed by atoms with Crippen LogP contribution < -0.4 is 10.6 Å². The van der Waals surface area contributed by atoms with E-state index in [9.17, 15) is 4.79 Å². The summed E-state index contributed by atoms with van der Waals surface area (Å²) < 4.78 is 1.78. The van der Waals surface area contributed by atoms with E-state index in [0.717, 1.165) is 25.2 Å². The second-order valence-corrected chi connectivity index (χ2v) is 2.93. The van der Waals surface area contributed by atoms with Crippen LogP contribution in [-0.2, 0) is 17.9 Å². The number of rotatable bonds is 7. The summed E-state index contributed by atoms with van der Waals surface area (Å²) in [6.45, 7) is 2.18. The van der Waals surface area contributed by atoms with Crippen molar-refractivity contribution in [2.24, 2.45) is 0 Å². The summed E-state index contributed by atoms with van der Waals surface area (Å²) in [5, 5.41) is 13.5. The molecule has 0 bridgehead atoms. The van der Waals surface area contributed by atoms with Gasteiger partial charge in [-0.15, -0.1) is 5.10 Å². The zero-order valence-electron chi connectivity index (χ0n) is 8.23. The first-order valence-corrected chi connectivity index (χ1v) is 4.57.